The van der Waals surface area contributed by atoms with E-state index in [9.17, 15) is 4.79 Å². The maximum Gasteiger partial charge on any atom is 0.237 e. The normalized spacial score (nSPS) is 20.7. The minimum Gasteiger partial charge on any atom is -0.497 e. The van der Waals surface area contributed by atoms with Gasteiger partial charge in [-0.1, -0.05) is 6.07 Å². The summed E-state index contributed by atoms with van der Waals surface area (Å²) in [4.78, 5) is 14.7. The summed E-state index contributed by atoms with van der Waals surface area (Å²) < 4.78 is 5.29. The number of nitrogens with one attached hydrogen (secondary N) is 1. The van der Waals surface area contributed by atoms with Crippen LogP contribution in [0.15, 0.2) is 18.2 Å². The Morgan fingerprint density at radius 2 is 2.11 bits per heavy atom. The van der Waals surface area contributed by atoms with Crippen LogP contribution in [-0.2, 0) is 10.2 Å². The van der Waals surface area contributed by atoms with E-state index in [1.165, 1.54) is 5.56 Å². The topological polar surface area (TPSA) is 41.6 Å². The number of benzene rings is 1. The van der Waals surface area contributed by atoms with Gasteiger partial charge < -0.3 is 15.0 Å². The molecule has 4 nitrogen and oxygen atoms in total. The van der Waals surface area contributed by atoms with Gasteiger partial charge in [-0.05, 0) is 44.5 Å². The number of nitrogens with zero attached hydrogens (tertiary/aromatic N) is 1. The smallest absolute Gasteiger partial charge is 0.237 e. The van der Waals surface area contributed by atoms with Crippen LogP contribution in [0.2, 0.25) is 0 Å². The first-order valence-corrected chi connectivity index (χ1v) is 6.94. The van der Waals surface area contributed by atoms with Gasteiger partial charge in [0.2, 0.25) is 5.91 Å². The van der Waals surface area contributed by atoms with Gasteiger partial charge in [0, 0.05) is 12.6 Å². The highest BCUT2D eigenvalue weighted by molar-refractivity contribution is 6.08. The number of ether oxygens (including phenoxy) is 1. The third-order valence-electron chi connectivity index (χ3n) is 4.44. The molecule has 0 aliphatic carbocycles. The predicted octanol–water partition coefficient (Wildman–Crippen LogP) is 1.68. The number of methoxy groups -OCH3 is 1. The quantitative estimate of drug-likeness (QED) is 0.879. The molecule has 0 bridgehead atoms. The number of amides is 1. The Balaban J connectivity index is 2.13. The molecule has 1 N–H and O–H groups in total. The van der Waals surface area contributed by atoms with Gasteiger partial charge in [-0.15, -0.1) is 0 Å². The molecule has 1 saturated heterocycles. The van der Waals surface area contributed by atoms with Crippen LogP contribution < -0.4 is 15.0 Å². The van der Waals surface area contributed by atoms with Crippen molar-refractivity contribution in [2.45, 2.75) is 25.2 Å². The average molecular weight is 260 g/mol. The number of hydrogen-bond donors (Lipinski definition) is 1. The number of likely N-dealkylation sites (N-methyl/N-ethyl adjacent to an activating group) is 1. The van der Waals surface area contributed by atoms with Gasteiger partial charge in [0.15, 0.2) is 0 Å². The van der Waals surface area contributed by atoms with Crippen molar-refractivity contribution in [3.05, 3.63) is 23.8 Å². The highest BCUT2D eigenvalue weighted by atomic mass is 16.5. The molecule has 19 heavy (non-hydrogen) atoms. The number of fused-ring (bicyclic) bond motifs is 2. The summed E-state index contributed by atoms with van der Waals surface area (Å²) in [5, 5.41) is 3.35. The average Bonchev–Trinajstić information content (AvgIpc) is 2.68. The molecule has 3 rings (SSSR count). The van der Waals surface area contributed by atoms with Crippen LogP contribution in [0.4, 0.5) is 5.69 Å². The van der Waals surface area contributed by atoms with E-state index in [2.05, 4.69) is 11.4 Å². The molecule has 0 unspecified atom stereocenters. The Kier molecular flexibility index (Phi) is 2.97. The molecule has 2 heterocycles. The number of anilines is 1. The van der Waals surface area contributed by atoms with Crippen LogP contribution in [0.25, 0.3) is 0 Å². The minimum atomic E-state index is -0.303. The Bertz CT molecular complexity index is 507. The highest BCUT2D eigenvalue weighted by Crippen LogP contribution is 2.47. The van der Waals surface area contributed by atoms with E-state index in [0.29, 0.717) is 6.54 Å². The van der Waals surface area contributed by atoms with E-state index < -0.39 is 0 Å². The minimum absolute atomic E-state index is 0.264. The molecule has 0 atom stereocenters. The van der Waals surface area contributed by atoms with E-state index in [1.54, 1.807) is 7.11 Å². The SMILES string of the molecule is CCN1C(=O)C2(CCNCC2)c2ccc(OC)cc21. The first-order valence-electron chi connectivity index (χ1n) is 6.94. The zero-order chi connectivity index (χ0) is 13.5. The lowest BCUT2D eigenvalue weighted by Crippen LogP contribution is -2.47. The largest absolute Gasteiger partial charge is 0.497 e. The maximum absolute atomic E-state index is 12.8. The van der Waals surface area contributed by atoms with Gasteiger partial charge in [0.1, 0.15) is 5.75 Å². The van der Waals surface area contributed by atoms with Gasteiger partial charge in [-0.25, -0.2) is 0 Å². The molecule has 0 saturated carbocycles. The molecule has 1 spiro atoms. The van der Waals surface area contributed by atoms with Crippen molar-refractivity contribution in [3.8, 4) is 5.75 Å². The van der Waals surface area contributed by atoms with Crippen molar-refractivity contribution in [2.75, 3.05) is 31.6 Å². The van der Waals surface area contributed by atoms with E-state index in [1.807, 2.05) is 24.0 Å². The third-order valence-corrected chi connectivity index (χ3v) is 4.44. The van der Waals surface area contributed by atoms with E-state index in [-0.39, 0.29) is 11.3 Å². The van der Waals surface area contributed by atoms with Gasteiger partial charge >= 0.3 is 0 Å². The lowest BCUT2D eigenvalue weighted by atomic mass is 9.74. The molecule has 2 aliphatic rings. The first-order chi connectivity index (χ1) is 9.23. The van der Waals surface area contributed by atoms with Crippen LogP contribution in [0, 0.1) is 0 Å². The van der Waals surface area contributed by atoms with Crippen LogP contribution in [-0.4, -0.2) is 32.7 Å². The second-order valence-corrected chi connectivity index (χ2v) is 5.26. The van der Waals surface area contributed by atoms with Crippen molar-refractivity contribution in [1.82, 2.24) is 5.32 Å². The second-order valence-electron chi connectivity index (χ2n) is 5.26. The second kappa shape index (κ2) is 4.53. The summed E-state index contributed by atoms with van der Waals surface area (Å²) in [5.41, 5.74) is 1.92. The highest BCUT2D eigenvalue weighted by Gasteiger charge is 2.50. The molecule has 1 fully saturated rings. The standard InChI is InChI=1S/C15H20N2O2/c1-3-17-13-10-11(19-2)4-5-12(13)15(14(17)18)6-8-16-9-7-15/h4-5,10,16H,3,6-9H2,1-2H3. The lowest BCUT2D eigenvalue weighted by Gasteiger charge is -2.32. The lowest BCUT2D eigenvalue weighted by molar-refractivity contribution is -0.124. The fraction of sp³-hybridized carbons (Fsp3) is 0.533. The molecule has 2 aliphatic heterocycles. The zero-order valence-electron chi connectivity index (χ0n) is 11.5. The van der Waals surface area contributed by atoms with Crippen LogP contribution >= 0.6 is 0 Å². The number of rotatable bonds is 2. The fourth-order valence-corrected chi connectivity index (χ4v) is 3.40. The molecule has 0 aromatic heterocycles. The molecule has 4 heteroatoms. The molecule has 102 valence electrons. The Labute approximate surface area is 113 Å². The van der Waals surface area contributed by atoms with Gasteiger partial charge in [-0.2, -0.15) is 0 Å². The van der Waals surface area contributed by atoms with Crippen LogP contribution in [0.1, 0.15) is 25.3 Å². The molecular weight excluding hydrogens is 240 g/mol. The number of piperidine rings is 1. The number of carbonyl (C=O) groups is 1. The molecule has 1 aromatic carbocycles. The van der Waals surface area contributed by atoms with Crippen LogP contribution in [0.5, 0.6) is 5.75 Å². The summed E-state index contributed by atoms with van der Waals surface area (Å²) in [5.74, 6) is 1.08. The van der Waals surface area contributed by atoms with Gasteiger partial charge in [-0.3, -0.25) is 4.79 Å². The van der Waals surface area contributed by atoms with Gasteiger partial charge in [0.05, 0.1) is 18.2 Å². The van der Waals surface area contributed by atoms with Gasteiger partial charge in [0.25, 0.3) is 0 Å². The van der Waals surface area contributed by atoms with Crippen molar-refractivity contribution >= 4 is 11.6 Å². The number of hydrogen-bond acceptors (Lipinski definition) is 3. The van der Waals surface area contributed by atoms with E-state index >= 15 is 0 Å². The molecule has 1 amide bonds. The van der Waals surface area contributed by atoms with Crippen molar-refractivity contribution in [3.63, 3.8) is 0 Å². The third kappa shape index (κ3) is 1.66. The van der Waals surface area contributed by atoms with Crippen molar-refractivity contribution in [2.24, 2.45) is 0 Å². The Morgan fingerprint density at radius 3 is 2.74 bits per heavy atom. The monoisotopic (exact) mass is 260 g/mol. The summed E-state index contributed by atoms with van der Waals surface area (Å²) in [6, 6.07) is 6.04. The van der Waals surface area contributed by atoms with E-state index in [0.717, 1.165) is 37.4 Å². The molecular formula is C15H20N2O2. The van der Waals surface area contributed by atoms with Crippen molar-refractivity contribution < 1.29 is 9.53 Å². The molecule has 0 radical (unpaired) electrons. The Hall–Kier alpha value is -1.55. The summed E-state index contributed by atoms with van der Waals surface area (Å²) >= 11 is 0. The maximum atomic E-state index is 12.8. The zero-order valence-corrected chi connectivity index (χ0v) is 11.5. The summed E-state index contributed by atoms with van der Waals surface area (Å²) in [7, 11) is 1.66. The van der Waals surface area contributed by atoms with Crippen LogP contribution in [0.3, 0.4) is 0 Å². The summed E-state index contributed by atoms with van der Waals surface area (Å²) in [6.07, 6.45) is 1.78. The first kappa shape index (κ1) is 12.5. The predicted molar refractivity (Wildman–Crippen MR) is 74.8 cm³/mol. The van der Waals surface area contributed by atoms with Crippen molar-refractivity contribution in [1.29, 1.82) is 0 Å². The number of carbonyl (C=O) groups excluding carboxylic acids is 1. The summed E-state index contributed by atoms with van der Waals surface area (Å²) in [6.45, 7) is 4.57. The Morgan fingerprint density at radius 1 is 1.37 bits per heavy atom. The molecule has 1 aromatic rings. The van der Waals surface area contributed by atoms with E-state index in [4.69, 9.17) is 4.74 Å². The fourth-order valence-electron chi connectivity index (χ4n) is 3.40.